The molecule has 1 aromatic carbocycles. The van der Waals surface area contributed by atoms with Crippen LogP contribution in [0.25, 0.3) is 6.08 Å². The van der Waals surface area contributed by atoms with Crippen LogP contribution in [-0.2, 0) is 0 Å². The maximum absolute atomic E-state index is 11.9. The third kappa shape index (κ3) is 2.80. The molecule has 0 saturated heterocycles. The molecule has 0 aliphatic heterocycles. The Labute approximate surface area is 79.8 Å². The first-order valence-corrected chi connectivity index (χ1v) is 3.91. The smallest absolute Gasteiger partial charge is 0.405 e. The van der Waals surface area contributed by atoms with Gasteiger partial charge >= 0.3 is 6.36 Å². The fourth-order valence-electron chi connectivity index (χ4n) is 0.978. The van der Waals surface area contributed by atoms with Crippen molar-refractivity contribution in [3.05, 3.63) is 35.9 Å². The summed E-state index contributed by atoms with van der Waals surface area (Å²) < 4.78 is 39.6. The van der Waals surface area contributed by atoms with Crippen molar-refractivity contribution in [1.82, 2.24) is 0 Å². The lowest BCUT2D eigenvalue weighted by atomic mass is 10.1. The van der Waals surface area contributed by atoms with E-state index in [0.717, 1.165) is 0 Å². The van der Waals surface area contributed by atoms with E-state index in [1.165, 1.54) is 12.1 Å². The van der Waals surface area contributed by atoms with Crippen LogP contribution in [0.5, 0.6) is 5.75 Å². The van der Waals surface area contributed by atoms with Gasteiger partial charge in [0.25, 0.3) is 0 Å². The number of aryl methyl sites for hydroxylation is 1. The van der Waals surface area contributed by atoms with Gasteiger partial charge in [0.2, 0.25) is 0 Å². The van der Waals surface area contributed by atoms with Crippen molar-refractivity contribution in [1.29, 1.82) is 0 Å². The zero-order valence-corrected chi connectivity index (χ0v) is 7.56. The highest BCUT2D eigenvalue weighted by Gasteiger charge is 2.31. The molecule has 0 heterocycles. The highest BCUT2D eigenvalue weighted by Crippen LogP contribution is 2.27. The zero-order valence-electron chi connectivity index (χ0n) is 7.56. The van der Waals surface area contributed by atoms with Gasteiger partial charge < -0.3 is 4.74 Å². The number of ether oxygens (including phenoxy) is 1. The molecule has 0 atom stereocenters. The molecule has 1 rings (SSSR count). The van der Waals surface area contributed by atoms with E-state index in [-0.39, 0.29) is 5.75 Å². The Morgan fingerprint density at radius 2 is 2.00 bits per heavy atom. The number of benzene rings is 1. The molecule has 76 valence electrons. The highest BCUT2D eigenvalue weighted by molar-refractivity contribution is 5.51. The number of hydrogen-bond acceptors (Lipinski definition) is 1. The van der Waals surface area contributed by atoms with E-state index >= 15 is 0 Å². The molecule has 1 nitrogen and oxygen atoms in total. The van der Waals surface area contributed by atoms with Crippen LogP contribution in [0.1, 0.15) is 11.1 Å². The summed E-state index contributed by atoms with van der Waals surface area (Å²) >= 11 is 0. The second-order valence-electron chi connectivity index (χ2n) is 2.78. The average Bonchev–Trinajstić information content (AvgIpc) is 2.06. The van der Waals surface area contributed by atoms with Gasteiger partial charge in [0.05, 0.1) is 0 Å². The van der Waals surface area contributed by atoms with Gasteiger partial charge in [-0.2, -0.15) is 0 Å². The maximum Gasteiger partial charge on any atom is 0.573 e. The molecule has 0 spiro atoms. The van der Waals surface area contributed by atoms with Crippen LogP contribution in [0, 0.1) is 6.92 Å². The van der Waals surface area contributed by atoms with Crippen molar-refractivity contribution in [2.24, 2.45) is 0 Å². The summed E-state index contributed by atoms with van der Waals surface area (Å²) in [6.45, 7) is 5.01. The molecule has 0 unspecified atom stereocenters. The fourth-order valence-corrected chi connectivity index (χ4v) is 0.978. The van der Waals surface area contributed by atoms with Crippen molar-refractivity contribution < 1.29 is 17.9 Å². The van der Waals surface area contributed by atoms with Crippen LogP contribution in [0.3, 0.4) is 0 Å². The first-order valence-electron chi connectivity index (χ1n) is 3.91. The standard InChI is InChI=1S/C10H9F3O/c1-3-8-5-4-7(2)9(6-8)14-10(11,12)13/h3-6H,1H2,2H3. The van der Waals surface area contributed by atoms with Crippen LogP contribution in [0.15, 0.2) is 24.8 Å². The van der Waals surface area contributed by atoms with Crippen molar-refractivity contribution in [2.75, 3.05) is 0 Å². The van der Waals surface area contributed by atoms with Crippen molar-refractivity contribution in [3.8, 4) is 5.75 Å². The van der Waals surface area contributed by atoms with E-state index < -0.39 is 6.36 Å². The second-order valence-corrected chi connectivity index (χ2v) is 2.78. The molecule has 0 aromatic heterocycles. The number of rotatable bonds is 2. The highest BCUT2D eigenvalue weighted by atomic mass is 19.4. The summed E-state index contributed by atoms with van der Waals surface area (Å²) in [5.74, 6) is -0.185. The molecule has 4 heteroatoms. The lowest BCUT2D eigenvalue weighted by Gasteiger charge is -2.11. The van der Waals surface area contributed by atoms with Crippen LogP contribution < -0.4 is 4.74 Å². The van der Waals surface area contributed by atoms with E-state index in [1.807, 2.05) is 0 Å². The van der Waals surface area contributed by atoms with Gasteiger partial charge in [0.1, 0.15) is 5.75 Å². The summed E-state index contributed by atoms with van der Waals surface area (Å²) in [6.07, 6.45) is -3.19. The Balaban J connectivity index is 3.01. The molecule has 14 heavy (non-hydrogen) atoms. The van der Waals surface area contributed by atoms with Gasteiger partial charge in [-0.1, -0.05) is 24.8 Å². The van der Waals surface area contributed by atoms with Crippen molar-refractivity contribution in [2.45, 2.75) is 13.3 Å². The minimum atomic E-state index is -4.65. The Hall–Kier alpha value is -1.45. The van der Waals surface area contributed by atoms with Crippen molar-refractivity contribution >= 4 is 6.08 Å². The first-order chi connectivity index (χ1) is 6.42. The molecule has 0 radical (unpaired) electrons. The van der Waals surface area contributed by atoms with Crippen LogP contribution in [0.2, 0.25) is 0 Å². The quantitative estimate of drug-likeness (QED) is 0.712. The summed E-state index contributed by atoms with van der Waals surface area (Å²) in [5.41, 5.74) is 1.03. The van der Waals surface area contributed by atoms with Crippen molar-refractivity contribution in [3.63, 3.8) is 0 Å². The largest absolute Gasteiger partial charge is 0.573 e. The molecule has 0 saturated carbocycles. The third-order valence-corrected chi connectivity index (χ3v) is 1.67. The van der Waals surface area contributed by atoms with E-state index in [4.69, 9.17) is 0 Å². The Morgan fingerprint density at radius 1 is 1.36 bits per heavy atom. The minimum absolute atomic E-state index is 0.185. The summed E-state index contributed by atoms with van der Waals surface area (Å²) in [4.78, 5) is 0. The van der Waals surface area contributed by atoms with Gasteiger partial charge in [-0.15, -0.1) is 13.2 Å². The number of hydrogen-bond donors (Lipinski definition) is 0. The van der Waals surface area contributed by atoms with Gasteiger partial charge in [0, 0.05) is 0 Å². The van der Waals surface area contributed by atoms with Gasteiger partial charge in [-0.25, -0.2) is 0 Å². The topological polar surface area (TPSA) is 9.23 Å². The molecule has 0 aliphatic carbocycles. The lowest BCUT2D eigenvalue weighted by Crippen LogP contribution is -2.17. The van der Waals surface area contributed by atoms with Crippen LogP contribution in [-0.4, -0.2) is 6.36 Å². The van der Waals surface area contributed by atoms with Gasteiger partial charge in [0.15, 0.2) is 0 Å². The van der Waals surface area contributed by atoms with E-state index in [2.05, 4.69) is 11.3 Å². The fraction of sp³-hybridized carbons (Fsp3) is 0.200. The molecule has 0 N–H and O–H groups in total. The third-order valence-electron chi connectivity index (χ3n) is 1.67. The van der Waals surface area contributed by atoms with Gasteiger partial charge in [-0.3, -0.25) is 0 Å². The van der Waals surface area contributed by atoms with E-state index in [0.29, 0.717) is 11.1 Å². The van der Waals surface area contributed by atoms with Crippen LogP contribution >= 0.6 is 0 Å². The van der Waals surface area contributed by atoms with Crippen LogP contribution in [0.4, 0.5) is 13.2 Å². The number of halogens is 3. The van der Waals surface area contributed by atoms with E-state index in [9.17, 15) is 13.2 Å². The second kappa shape index (κ2) is 3.74. The molecule has 0 amide bonds. The molecule has 1 aromatic rings. The number of alkyl halides is 3. The normalized spacial score (nSPS) is 11.1. The molecular weight excluding hydrogens is 193 g/mol. The summed E-state index contributed by atoms with van der Waals surface area (Å²) in [7, 11) is 0. The Morgan fingerprint density at radius 3 is 2.50 bits per heavy atom. The van der Waals surface area contributed by atoms with Gasteiger partial charge in [-0.05, 0) is 24.1 Å². The summed E-state index contributed by atoms with van der Waals surface area (Å²) in [5, 5.41) is 0. The molecular formula is C10H9F3O. The predicted octanol–water partition coefficient (Wildman–Crippen LogP) is 3.54. The Kier molecular flexibility index (Phi) is 2.84. The minimum Gasteiger partial charge on any atom is -0.405 e. The first kappa shape index (κ1) is 10.6. The Bertz CT molecular complexity index is 342. The molecule has 0 bridgehead atoms. The monoisotopic (exact) mass is 202 g/mol. The molecule has 0 aliphatic rings. The molecule has 0 fully saturated rings. The predicted molar refractivity (Wildman–Crippen MR) is 48.0 cm³/mol. The average molecular weight is 202 g/mol. The maximum atomic E-state index is 11.9. The SMILES string of the molecule is C=Cc1ccc(C)c(OC(F)(F)F)c1. The lowest BCUT2D eigenvalue weighted by molar-refractivity contribution is -0.274. The zero-order chi connectivity index (χ0) is 10.8. The summed E-state index contributed by atoms with van der Waals surface area (Å²) in [6, 6.07) is 4.53. The van der Waals surface area contributed by atoms with E-state index in [1.54, 1.807) is 19.1 Å².